The van der Waals surface area contributed by atoms with Crippen molar-refractivity contribution in [2.45, 2.75) is 25.7 Å². The number of hydrogen-bond acceptors (Lipinski definition) is 3. The molecule has 0 aromatic carbocycles. The molecule has 0 amide bonds. The van der Waals surface area contributed by atoms with E-state index in [-0.39, 0.29) is 40.9 Å². The lowest BCUT2D eigenvalue weighted by molar-refractivity contribution is -0.142. The van der Waals surface area contributed by atoms with Gasteiger partial charge in [0.05, 0.1) is 24.6 Å². The van der Waals surface area contributed by atoms with Crippen LogP contribution in [0.5, 0.6) is 0 Å². The Morgan fingerprint density at radius 1 is 1.56 bits per heavy atom. The summed E-state index contributed by atoms with van der Waals surface area (Å²) in [6.07, 6.45) is -3.04. The van der Waals surface area contributed by atoms with Gasteiger partial charge in [0, 0.05) is 5.56 Å². The van der Waals surface area contributed by atoms with Crippen LogP contribution in [0, 0.1) is 0 Å². The van der Waals surface area contributed by atoms with Gasteiger partial charge in [0.1, 0.15) is 5.15 Å². The van der Waals surface area contributed by atoms with Crippen LogP contribution < -0.4 is 0 Å². The van der Waals surface area contributed by atoms with Crippen LogP contribution in [0.2, 0.25) is 5.15 Å². The summed E-state index contributed by atoms with van der Waals surface area (Å²) >= 11 is 11.2. The molecule has 0 unspecified atom stereocenters. The lowest BCUT2D eigenvalue weighted by Crippen LogP contribution is -2.12. The van der Waals surface area contributed by atoms with Gasteiger partial charge in [-0.1, -0.05) is 11.6 Å². The molecular weight excluding hydrogens is 287 g/mol. The maximum atomic E-state index is 12.9. The Morgan fingerprint density at radius 3 is 2.72 bits per heavy atom. The highest BCUT2D eigenvalue weighted by atomic mass is 35.5. The molecule has 0 atom stereocenters. The predicted octanol–water partition coefficient (Wildman–Crippen LogP) is 3.52. The molecule has 0 aliphatic heterocycles. The second-order valence-corrected chi connectivity index (χ2v) is 4.03. The highest BCUT2D eigenvalue weighted by molar-refractivity contribution is 6.29. The van der Waals surface area contributed by atoms with Crippen molar-refractivity contribution in [3.8, 4) is 0 Å². The Morgan fingerprint density at radius 2 is 2.22 bits per heavy atom. The molecule has 1 aromatic rings. The van der Waals surface area contributed by atoms with Gasteiger partial charge >= 0.3 is 5.97 Å². The van der Waals surface area contributed by atoms with E-state index in [1.54, 1.807) is 6.92 Å². The fourth-order valence-electron chi connectivity index (χ4n) is 1.48. The first-order chi connectivity index (χ1) is 8.49. The molecule has 0 radical (unpaired) electrons. The monoisotopic (exact) mass is 297 g/mol. The number of rotatable bonds is 5. The number of nitrogens with zero attached hydrogens (tertiary/aromatic N) is 1. The van der Waals surface area contributed by atoms with Crippen LogP contribution in [0.15, 0.2) is 6.07 Å². The minimum absolute atomic E-state index is 0.0754. The quantitative estimate of drug-likeness (QED) is 0.474. The number of carbonyl (C=O) groups is 1. The molecule has 7 heteroatoms. The predicted molar refractivity (Wildman–Crippen MR) is 64.1 cm³/mol. The highest BCUT2D eigenvalue weighted by Crippen LogP contribution is 2.28. The van der Waals surface area contributed by atoms with E-state index in [0.29, 0.717) is 0 Å². The van der Waals surface area contributed by atoms with Crippen molar-refractivity contribution in [3.05, 3.63) is 28.0 Å². The van der Waals surface area contributed by atoms with Gasteiger partial charge in [0.15, 0.2) is 0 Å². The van der Waals surface area contributed by atoms with Crippen LogP contribution in [0.4, 0.5) is 8.78 Å². The largest absolute Gasteiger partial charge is 0.466 e. The van der Waals surface area contributed by atoms with Crippen molar-refractivity contribution in [1.29, 1.82) is 0 Å². The standard InChI is InChI=1S/C11H11Cl2F2NO2/c1-2-18-10(17)4-6-7(11(14)15)3-9(13)16-8(6)5-12/h3,11H,2,4-5H2,1H3. The van der Waals surface area contributed by atoms with Crippen molar-refractivity contribution < 1.29 is 18.3 Å². The maximum Gasteiger partial charge on any atom is 0.310 e. The van der Waals surface area contributed by atoms with Gasteiger partial charge in [-0.15, -0.1) is 11.6 Å². The molecule has 0 spiro atoms. The summed E-state index contributed by atoms with van der Waals surface area (Å²) in [4.78, 5) is 15.2. The van der Waals surface area contributed by atoms with Crippen LogP contribution in [0.3, 0.4) is 0 Å². The number of ether oxygens (including phenoxy) is 1. The Balaban J connectivity index is 3.16. The second-order valence-electron chi connectivity index (χ2n) is 3.38. The minimum Gasteiger partial charge on any atom is -0.466 e. The van der Waals surface area contributed by atoms with E-state index < -0.39 is 12.4 Å². The van der Waals surface area contributed by atoms with Gasteiger partial charge in [-0.05, 0) is 18.6 Å². The average molecular weight is 298 g/mol. The van der Waals surface area contributed by atoms with Crippen LogP contribution in [-0.4, -0.2) is 17.6 Å². The molecule has 0 saturated heterocycles. The lowest BCUT2D eigenvalue weighted by atomic mass is 10.0. The van der Waals surface area contributed by atoms with Crippen LogP contribution in [0.25, 0.3) is 0 Å². The summed E-state index contributed by atoms with van der Waals surface area (Å²) in [6, 6.07) is 1.04. The fourth-order valence-corrected chi connectivity index (χ4v) is 1.92. The minimum atomic E-state index is -2.75. The van der Waals surface area contributed by atoms with Crippen molar-refractivity contribution in [2.24, 2.45) is 0 Å². The summed E-state index contributed by atoms with van der Waals surface area (Å²) in [7, 11) is 0. The van der Waals surface area contributed by atoms with Gasteiger partial charge in [-0.3, -0.25) is 4.79 Å². The van der Waals surface area contributed by atoms with Crippen molar-refractivity contribution in [2.75, 3.05) is 6.61 Å². The summed E-state index contributed by atoms with van der Waals surface area (Å²) in [5.74, 6) is -0.704. The second kappa shape index (κ2) is 6.85. The van der Waals surface area contributed by atoms with Gasteiger partial charge in [-0.2, -0.15) is 0 Å². The maximum absolute atomic E-state index is 12.9. The number of alkyl halides is 3. The van der Waals surface area contributed by atoms with E-state index >= 15 is 0 Å². The van der Waals surface area contributed by atoms with Crippen LogP contribution >= 0.6 is 23.2 Å². The summed E-state index contributed by atoms with van der Waals surface area (Å²) in [6.45, 7) is 1.81. The lowest BCUT2D eigenvalue weighted by Gasteiger charge is -2.12. The fraction of sp³-hybridized carbons (Fsp3) is 0.455. The number of halogens is 4. The average Bonchev–Trinajstić information content (AvgIpc) is 2.30. The summed E-state index contributed by atoms with van der Waals surface area (Å²) in [5, 5.41) is -0.0754. The molecule has 1 heterocycles. The first-order valence-corrected chi connectivity index (χ1v) is 6.08. The van der Waals surface area contributed by atoms with Crippen molar-refractivity contribution in [1.82, 2.24) is 4.98 Å². The number of aromatic nitrogens is 1. The van der Waals surface area contributed by atoms with E-state index in [1.807, 2.05) is 0 Å². The Kier molecular flexibility index (Phi) is 5.75. The first kappa shape index (κ1) is 15.1. The van der Waals surface area contributed by atoms with Crippen LogP contribution in [-0.2, 0) is 21.8 Å². The molecule has 3 nitrogen and oxygen atoms in total. The SMILES string of the molecule is CCOC(=O)Cc1c(C(F)F)cc(Cl)nc1CCl. The van der Waals surface area contributed by atoms with Gasteiger partial charge < -0.3 is 4.74 Å². The molecule has 0 aliphatic rings. The zero-order valence-corrected chi connectivity index (χ0v) is 11.1. The molecule has 0 bridgehead atoms. The molecule has 18 heavy (non-hydrogen) atoms. The molecule has 100 valence electrons. The smallest absolute Gasteiger partial charge is 0.310 e. The molecule has 0 aliphatic carbocycles. The molecule has 1 rings (SSSR count). The molecule has 0 N–H and O–H groups in total. The molecule has 1 aromatic heterocycles. The third-order valence-corrected chi connectivity index (χ3v) is 2.65. The van der Waals surface area contributed by atoms with E-state index in [4.69, 9.17) is 27.9 Å². The Hall–Kier alpha value is -0.940. The zero-order chi connectivity index (χ0) is 13.7. The topological polar surface area (TPSA) is 39.2 Å². The van der Waals surface area contributed by atoms with Crippen molar-refractivity contribution >= 4 is 29.2 Å². The first-order valence-electron chi connectivity index (χ1n) is 5.17. The Bertz CT molecular complexity index is 441. The number of hydrogen-bond donors (Lipinski definition) is 0. The van der Waals surface area contributed by atoms with Gasteiger partial charge in [-0.25, -0.2) is 13.8 Å². The van der Waals surface area contributed by atoms with Crippen LogP contribution in [0.1, 0.15) is 30.2 Å². The Labute approximate surface area is 113 Å². The van der Waals surface area contributed by atoms with E-state index in [9.17, 15) is 13.6 Å². The van der Waals surface area contributed by atoms with E-state index in [0.717, 1.165) is 6.07 Å². The van der Waals surface area contributed by atoms with Gasteiger partial charge in [0.25, 0.3) is 6.43 Å². The summed E-state index contributed by atoms with van der Waals surface area (Å²) < 4.78 is 30.5. The molecule has 0 saturated carbocycles. The highest BCUT2D eigenvalue weighted by Gasteiger charge is 2.21. The molecular formula is C11H11Cl2F2NO2. The normalized spacial score (nSPS) is 10.8. The molecule has 0 fully saturated rings. The van der Waals surface area contributed by atoms with Gasteiger partial charge in [0.2, 0.25) is 0 Å². The number of pyridine rings is 1. The van der Waals surface area contributed by atoms with E-state index in [1.165, 1.54) is 0 Å². The number of esters is 1. The third kappa shape index (κ3) is 3.78. The van der Waals surface area contributed by atoms with E-state index in [2.05, 4.69) is 4.98 Å². The number of carbonyl (C=O) groups excluding carboxylic acids is 1. The summed E-state index contributed by atoms with van der Waals surface area (Å²) in [5.41, 5.74) is -0.0749. The third-order valence-electron chi connectivity index (χ3n) is 2.20. The van der Waals surface area contributed by atoms with Crippen molar-refractivity contribution in [3.63, 3.8) is 0 Å². The zero-order valence-electron chi connectivity index (χ0n) is 9.55.